The Bertz CT molecular complexity index is 526. The maximum Gasteiger partial charge on any atom is 0.203 e. The van der Waals surface area contributed by atoms with Gasteiger partial charge in [-0.05, 0) is 30.8 Å². The van der Waals surface area contributed by atoms with Gasteiger partial charge in [0.1, 0.15) is 0 Å². The first kappa shape index (κ1) is 14.3. The minimum absolute atomic E-state index is 0.0116. The highest BCUT2D eigenvalue weighted by molar-refractivity contribution is 5.55. The average molecular weight is 277 g/mol. The topological polar surface area (TPSA) is 52.9 Å². The van der Waals surface area contributed by atoms with E-state index in [0.717, 1.165) is 11.1 Å². The predicted molar refractivity (Wildman–Crippen MR) is 75.7 cm³/mol. The highest BCUT2D eigenvalue weighted by atomic mass is 16.5. The maximum atomic E-state index is 5.38. The largest absolute Gasteiger partial charge is 0.493 e. The number of hydrogen-bond acceptors (Lipinski definition) is 5. The SMILES string of the molecule is CNC(c1ccoc1)c1cc(OC)c(OC)c(OC)c1. The Morgan fingerprint density at radius 1 is 1.00 bits per heavy atom. The van der Waals surface area contributed by atoms with E-state index < -0.39 is 0 Å². The molecule has 0 radical (unpaired) electrons. The van der Waals surface area contributed by atoms with Gasteiger partial charge in [0.05, 0.1) is 39.9 Å². The first-order chi connectivity index (χ1) is 9.74. The number of hydrogen-bond donors (Lipinski definition) is 1. The molecule has 108 valence electrons. The molecule has 0 fully saturated rings. The molecule has 2 rings (SSSR count). The van der Waals surface area contributed by atoms with Gasteiger partial charge < -0.3 is 23.9 Å². The summed E-state index contributed by atoms with van der Waals surface area (Å²) in [5.41, 5.74) is 2.03. The number of nitrogens with one attached hydrogen (secondary N) is 1. The van der Waals surface area contributed by atoms with Crippen LogP contribution in [0.4, 0.5) is 0 Å². The van der Waals surface area contributed by atoms with E-state index in [1.807, 2.05) is 25.2 Å². The normalized spacial score (nSPS) is 12.0. The molecular weight excluding hydrogens is 258 g/mol. The lowest BCUT2D eigenvalue weighted by Crippen LogP contribution is -2.17. The zero-order chi connectivity index (χ0) is 14.5. The van der Waals surface area contributed by atoms with Gasteiger partial charge in [-0.2, -0.15) is 0 Å². The molecule has 0 aliphatic carbocycles. The Labute approximate surface area is 118 Å². The summed E-state index contributed by atoms with van der Waals surface area (Å²) >= 11 is 0. The molecule has 1 atom stereocenters. The van der Waals surface area contributed by atoms with Crippen molar-refractivity contribution in [3.63, 3.8) is 0 Å². The molecule has 1 aromatic carbocycles. The van der Waals surface area contributed by atoms with Crippen LogP contribution in [-0.2, 0) is 0 Å². The van der Waals surface area contributed by atoms with Gasteiger partial charge in [-0.15, -0.1) is 0 Å². The van der Waals surface area contributed by atoms with E-state index in [2.05, 4.69) is 5.32 Å². The molecule has 1 unspecified atom stereocenters. The van der Waals surface area contributed by atoms with Crippen molar-refractivity contribution in [2.45, 2.75) is 6.04 Å². The second kappa shape index (κ2) is 6.34. The van der Waals surface area contributed by atoms with Crippen molar-refractivity contribution in [3.05, 3.63) is 41.9 Å². The van der Waals surface area contributed by atoms with Crippen molar-refractivity contribution in [2.75, 3.05) is 28.4 Å². The minimum atomic E-state index is -0.0116. The number of methoxy groups -OCH3 is 3. The summed E-state index contributed by atoms with van der Waals surface area (Å²) in [5.74, 6) is 1.84. The average Bonchev–Trinajstić information content (AvgIpc) is 3.00. The molecule has 0 bridgehead atoms. The fraction of sp³-hybridized carbons (Fsp3) is 0.333. The lowest BCUT2D eigenvalue weighted by molar-refractivity contribution is 0.323. The molecule has 0 saturated heterocycles. The summed E-state index contributed by atoms with van der Waals surface area (Å²) in [6.45, 7) is 0. The van der Waals surface area contributed by atoms with Crippen LogP contribution in [0.25, 0.3) is 0 Å². The number of furan rings is 1. The number of ether oxygens (including phenoxy) is 3. The summed E-state index contributed by atoms with van der Waals surface area (Å²) in [5, 5.41) is 3.25. The van der Waals surface area contributed by atoms with E-state index in [1.54, 1.807) is 33.9 Å². The van der Waals surface area contributed by atoms with E-state index in [-0.39, 0.29) is 6.04 Å². The standard InChI is InChI=1S/C15H19NO4/c1-16-14(10-5-6-20-9-10)11-7-12(17-2)15(19-4)13(8-11)18-3/h5-9,14,16H,1-4H3. The smallest absolute Gasteiger partial charge is 0.203 e. The van der Waals surface area contributed by atoms with Crippen molar-refractivity contribution in [2.24, 2.45) is 0 Å². The van der Waals surface area contributed by atoms with Crippen molar-refractivity contribution < 1.29 is 18.6 Å². The second-order valence-corrected chi connectivity index (χ2v) is 4.24. The maximum absolute atomic E-state index is 5.38. The molecule has 0 saturated carbocycles. The predicted octanol–water partition coefficient (Wildman–Crippen LogP) is 2.61. The third kappa shape index (κ3) is 2.58. The van der Waals surface area contributed by atoms with Gasteiger partial charge in [0.2, 0.25) is 5.75 Å². The Hall–Kier alpha value is -2.14. The summed E-state index contributed by atoms with van der Waals surface area (Å²) in [4.78, 5) is 0. The zero-order valence-corrected chi connectivity index (χ0v) is 12.1. The Balaban J connectivity index is 2.50. The van der Waals surface area contributed by atoms with Crippen molar-refractivity contribution >= 4 is 0 Å². The summed E-state index contributed by atoms with van der Waals surface area (Å²) < 4.78 is 21.2. The summed E-state index contributed by atoms with van der Waals surface area (Å²) in [7, 11) is 6.69. The van der Waals surface area contributed by atoms with Crippen LogP contribution < -0.4 is 19.5 Å². The molecule has 5 nitrogen and oxygen atoms in total. The van der Waals surface area contributed by atoms with E-state index in [4.69, 9.17) is 18.6 Å². The van der Waals surface area contributed by atoms with Gasteiger partial charge in [0.25, 0.3) is 0 Å². The molecular formula is C15H19NO4. The van der Waals surface area contributed by atoms with Crippen LogP contribution in [0.5, 0.6) is 17.2 Å². The lowest BCUT2D eigenvalue weighted by atomic mass is 10.0. The highest BCUT2D eigenvalue weighted by Gasteiger charge is 2.19. The Morgan fingerprint density at radius 3 is 2.05 bits per heavy atom. The van der Waals surface area contributed by atoms with Gasteiger partial charge in [-0.25, -0.2) is 0 Å². The lowest BCUT2D eigenvalue weighted by Gasteiger charge is -2.19. The third-order valence-electron chi connectivity index (χ3n) is 3.19. The van der Waals surface area contributed by atoms with E-state index in [9.17, 15) is 0 Å². The zero-order valence-electron chi connectivity index (χ0n) is 12.1. The van der Waals surface area contributed by atoms with Crippen LogP contribution in [-0.4, -0.2) is 28.4 Å². The molecule has 1 N–H and O–H groups in total. The van der Waals surface area contributed by atoms with Gasteiger partial charge in [-0.1, -0.05) is 0 Å². The first-order valence-electron chi connectivity index (χ1n) is 6.24. The van der Waals surface area contributed by atoms with Gasteiger partial charge in [-0.3, -0.25) is 0 Å². The van der Waals surface area contributed by atoms with E-state index in [1.165, 1.54) is 0 Å². The van der Waals surface area contributed by atoms with Crippen molar-refractivity contribution in [3.8, 4) is 17.2 Å². The molecule has 0 aliphatic rings. The van der Waals surface area contributed by atoms with Gasteiger partial charge >= 0.3 is 0 Å². The molecule has 0 spiro atoms. The number of rotatable bonds is 6. The molecule has 1 heterocycles. The van der Waals surface area contributed by atoms with Crippen LogP contribution >= 0.6 is 0 Å². The third-order valence-corrected chi connectivity index (χ3v) is 3.19. The molecule has 2 aromatic rings. The van der Waals surface area contributed by atoms with Crippen LogP contribution in [0.15, 0.2) is 35.1 Å². The van der Waals surface area contributed by atoms with Crippen LogP contribution in [0.3, 0.4) is 0 Å². The quantitative estimate of drug-likeness (QED) is 0.879. The summed E-state index contributed by atoms with van der Waals surface area (Å²) in [6, 6.07) is 5.76. The van der Waals surface area contributed by atoms with Crippen LogP contribution in [0.2, 0.25) is 0 Å². The highest BCUT2D eigenvalue weighted by Crippen LogP contribution is 2.40. The van der Waals surface area contributed by atoms with Crippen molar-refractivity contribution in [1.29, 1.82) is 0 Å². The fourth-order valence-electron chi connectivity index (χ4n) is 2.23. The number of benzene rings is 1. The van der Waals surface area contributed by atoms with E-state index in [0.29, 0.717) is 17.2 Å². The second-order valence-electron chi connectivity index (χ2n) is 4.24. The molecule has 5 heteroatoms. The minimum Gasteiger partial charge on any atom is -0.493 e. The van der Waals surface area contributed by atoms with Crippen LogP contribution in [0, 0.1) is 0 Å². The van der Waals surface area contributed by atoms with Crippen molar-refractivity contribution in [1.82, 2.24) is 5.32 Å². The molecule has 0 amide bonds. The Kier molecular flexibility index (Phi) is 4.53. The fourth-order valence-corrected chi connectivity index (χ4v) is 2.23. The molecule has 0 aliphatic heterocycles. The monoisotopic (exact) mass is 277 g/mol. The molecule has 20 heavy (non-hydrogen) atoms. The Morgan fingerprint density at radius 2 is 1.65 bits per heavy atom. The van der Waals surface area contributed by atoms with E-state index >= 15 is 0 Å². The van der Waals surface area contributed by atoms with Crippen LogP contribution in [0.1, 0.15) is 17.2 Å². The molecule has 1 aromatic heterocycles. The van der Waals surface area contributed by atoms with Gasteiger partial charge in [0, 0.05) is 5.56 Å². The van der Waals surface area contributed by atoms with Gasteiger partial charge in [0.15, 0.2) is 11.5 Å². The summed E-state index contributed by atoms with van der Waals surface area (Å²) in [6.07, 6.45) is 3.36. The first-order valence-corrected chi connectivity index (χ1v) is 6.24.